The number of fused-ring (bicyclic) bond motifs is 1. The highest BCUT2D eigenvalue weighted by molar-refractivity contribution is 5.71. The summed E-state index contributed by atoms with van der Waals surface area (Å²) in [5, 5.41) is 11.7. The van der Waals surface area contributed by atoms with Crippen LogP contribution in [-0.2, 0) is 0 Å². The first-order chi connectivity index (χ1) is 7.40. The van der Waals surface area contributed by atoms with Crippen molar-refractivity contribution >= 4 is 17.0 Å². The number of hydrogen-bond acceptors (Lipinski definition) is 5. The number of aromatic nitrogens is 3. The Hall–Kier alpha value is -1.75. The summed E-state index contributed by atoms with van der Waals surface area (Å²) in [6.45, 7) is 0.885. The summed E-state index contributed by atoms with van der Waals surface area (Å²) in [7, 11) is 0. The van der Waals surface area contributed by atoms with Crippen molar-refractivity contribution in [3.05, 3.63) is 24.5 Å². The van der Waals surface area contributed by atoms with E-state index >= 15 is 0 Å². The Bertz CT molecular complexity index is 446. The highest BCUT2D eigenvalue weighted by Crippen LogP contribution is 2.09. The molecule has 0 saturated heterocycles. The molecule has 0 aliphatic heterocycles. The Morgan fingerprint density at radius 3 is 2.93 bits per heavy atom. The van der Waals surface area contributed by atoms with Crippen molar-refractivity contribution in [3.8, 4) is 0 Å². The zero-order chi connectivity index (χ0) is 10.5. The number of anilines is 1. The maximum Gasteiger partial charge on any atom is 0.180 e. The third kappa shape index (κ3) is 2.38. The molecule has 0 saturated carbocycles. The van der Waals surface area contributed by atoms with Crippen molar-refractivity contribution in [3.63, 3.8) is 0 Å². The van der Waals surface area contributed by atoms with E-state index in [1.165, 1.54) is 0 Å². The van der Waals surface area contributed by atoms with Crippen LogP contribution in [0.15, 0.2) is 24.5 Å². The molecule has 0 aliphatic carbocycles. The van der Waals surface area contributed by atoms with E-state index in [9.17, 15) is 0 Å². The van der Waals surface area contributed by atoms with E-state index in [4.69, 9.17) is 5.11 Å². The van der Waals surface area contributed by atoms with Gasteiger partial charge < -0.3 is 10.4 Å². The van der Waals surface area contributed by atoms with Gasteiger partial charge in [0.25, 0.3) is 0 Å². The standard InChI is InChI=1S/C10H12N4O/c15-7-1-4-12-9-3-2-8-10(14-9)13-6-5-11-8/h2-3,5-6,15H,1,4,7H2,(H,12,13,14). The van der Waals surface area contributed by atoms with Gasteiger partial charge in [-0.3, -0.25) is 4.98 Å². The largest absolute Gasteiger partial charge is 0.396 e. The zero-order valence-corrected chi connectivity index (χ0v) is 8.22. The molecule has 0 spiro atoms. The molecule has 5 nitrogen and oxygen atoms in total. The van der Waals surface area contributed by atoms with E-state index in [-0.39, 0.29) is 6.61 Å². The fourth-order valence-corrected chi connectivity index (χ4v) is 1.25. The number of rotatable bonds is 4. The maximum atomic E-state index is 8.63. The van der Waals surface area contributed by atoms with Crippen LogP contribution in [0.25, 0.3) is 11.2 Å². The topological polar surface area (TPSA) is 70.9 Å². The summed E-state index contributed by atoms with van der Waals surface area (Å²) >= 11 is 0. The normalized spacial score (nSPS) is 10.5. The first-order valence-electron chi connectivity index (χ1n) is 4.82. The molecule has 0 radical (unpaired) electrons. The van der Waals surface area contributed by atoms with Crippen LogP contribution in [0.2, 0.25) is 0 Å². The van der Waals surface area contributed by atoms with Crippen LogP contribution in [0.3, 0.4) is 0 Å². The quantitative estimate of drug-likeness (QED) is 0.721. The van der Waals surface area contributed by atoms with Gasteiger partial charge in [-0.1, -0.05) is 0 Å². The highest BCUT2D eigenvalue weighted by Gasteiger charge is 1.98. The van der Waals surface area contributed by atoms with Crippen LogP contribution in [0.1, 0.15) is 6.42 Å². The summed E-state index contributed by atoms with van der Waals surface area (Å²) in [4.78, 5) is 12.5. The van der Waals surface area contributed by atoms with E-state index in [1.54, 1.807) is 12.4 Å². The van der Waals surface area contributed by atoms with Crippen LogP contribution in [0.4, 0.5) is 5.82 Å². The van der Waals surface area contributed by atoms with Crippen molar-refractivity contribution in [2.24, 2.45) is 0 Å². The molecule has 2 N–H and O–H groups in total. The van der Waals surface area contributed by atoms with Gasteiger partial charge in [-0.25, -0.2) is 9.97 Å². The average molecular weight is 204 g/mol. The predicted molar refractivity (Wildman–Crippen MR) is 57.5 cm³/mol. The van der Waals surface area contributed by atoms with E-state index in [0.717, 1.165) is 11.3 Å². The number of hydrogen-bond donors (Lipinski definition) is 2. The maximum absolute atomic E-state index is 8.63. The van der Waals surface area contributed by atoms with Gasteiger partial charge in [0.2, 0.25) is 0 Å². The predicted octanol–water partition coefficient (Wildman–Crippen LogP) is 0.819. The highest BCUT2D eigenvalue weighted by atomic mass is 16.3. The second-order valence-corrected chi connectivity index (χ2v) is 3.10. The first-order valence-corrected chi connectivity index (χ1v) is 4.82. The van der Waals surface area contributed by atoms with Crippen LogP contribution in [-0.4, -0.2) is 33.2 Å². The van der Waals surface area contributed by atoms with E-state index < -0.39 is 0 Å². The van der Waals surface area contributed by atoms with Crippen LogP contribution in [0, 0.1) is 0 Å². The lowest BCUT2D eigenvalue weighted by Gasteiger charge is -2.04. The van der Waals surface area contributed by atoms with Gasteiger partial charge in [-0.15, -0.1) is 0 Å². The Morgan fingerprint density at radius 1 is 1.20 bits per heavy atom. The number of aliphatic hydroxyl groups is 1. The van der Waals surface area contributed by atoms with Crippen molar-refractivity contribution in [2.75, 3.05) is 18.5 Å². The molecule has 0 aromatic carbocycles. The van der Waals surface area contributed by atoms with Crippen molar-refractivity contribution < 1.29 is 5.11 Å². The number of nitrogens with one attached hydrogen (secondary N) is 1. The second-order valence-electron chi connectivity index (χ2n) is 3.10. The van der Waals surface area contributed by atoms with Crippen LogP contribution in [0.5, 0.6) is 0 Å². The Balaban J connectivity index is 2.16. The van der Waals surface area contributed by atoms with Crippen molar-refractivity contribution in [1.29, 1.82) is 0 Å². The van der Waals surface area contributed by atoms with Crippen LogP contribution < -0.4 is 5.32 Å². The molecule has 2 aromatic rings. The fraction of sp³-hybridized carbons (Fsp3) is 0.300. The number of pyridine rings is 1. The van der Waals surface area contributed by atoms with Gasteiger partial charge in [0, 0.05) is 25.5 Å². The average Bonchev–Trinajstić information content (AvgIpc) is 2.29. The third-order valence-electron chi connectivity index (χ3n) is 1.97. The monoisotopic (exact) mass is 204 g/mol. The van der Waals surface area contributed by atoms with Gasteiger partial charge in [0.05, 0.1) is 0 Å². The number of nitrogens with zero attached hydrogens (tertiary/aromatic N) is 3. The molecule has 0 atom stereocenters. The van der Waals surface area contributed by atoms with Gasteiger partial charge in [-0.2, -0.15) is 0 Å². The molecular formula is C10H12N4O. The molecule has 5 heteroatoms. The van der Waals surface area contributed by atoms with Gasteiger partial charge in [-0.05, 0) is 18.6 Å². The summed E-state index contributed by atoms with van der Waals surface area (Å²) in [6, 6.07) is 3.73. The lowest BCUT2D eigenvalue weighted by molar-refractivity contribution is 0.292. The summed E-state index contributed by atoms with van der Waals surface area (Å²) in [5.74, 6) is 0.761. The van der Waals surface area contributed by atoms with E-state index in [1.807, 2.05) is 12.1 Å². The number of aliphatic hydroxyl groups excluding tert-OH is 1. The second kappa shape index (κ2) is 4.65. The molecule has 15 heavy (non-hydrogen) atoms. The molecule has 0 bridgehead atoms. The van der Waals surface area contributed by atoms with Crippen molar-refractivity contribution in [1.82, 2.24) is 15.0 Å². The smallest absolute Gasteiger partial charge is 0.180 e. The summed E-state index contributed by atoms with van der Waals surface area (Å²) in [6.07, 6.45) is 3.97. The molecule has 2 heterocycles. The van der Waals surface area contributed by atoms with Gasteiger partial charge >= 0.3 is 0 Å². The van der Waals surface area contributed by atoms with E-state index in [0.29, 0.717) is 18.6 Å². The fourth-order valence-electron chi connectivity index (χ4n) is 1.25. The molecule has 2 aromatic heterocycles. The Labute approximate surface area is 87.2 Å². The lowest BCUT2D eigenvalue weighted by Crippen LogP contribution is -2.05. The molecule has 78 valence electrons. The minimum atomic E-state index is 0.181. The molecular weight excluding hydrogens is 192 g/mol. The lowest BCUT2D eigenvalue weighted by atomic mass is 10.4. The Kier molecular flexibility index (Phi) is 3.04. The summed E-state index contributed by atoms with van der Waals surface area (Å²) in [5.41, 5.74) is 1.41. The van der Waals surface area contributed by atoms with E-state index in [2.05, 4.69) is 20.3 Å². The minimum Gasteiger partial charge on any atom is -0.396 e. The molecule has 0 amide bonds. The first kappa shape index (κ1) is 9.79. The minimum absolute atomic E-state index is 0.181. The molecule has 0 unspecified atom stereocenters. The van der Waals surface area contributed by atoms with Gasteiger partial charge in [0.15, 0.2) is 5.65 Å². The Morgan fingerprint density at radius 2 is 2.07 bits per heavy atom. The molecule has 0 fully saturated rings. The molecule has 2 rings (SSSR count). The van der Waals surface area contributed by atoms with Crippen LogP contribution >= 0.6 is 0 Å². The zero-order valence-electron chi connectivity index (χ0n) is 8.22. The summed E-state index contributed by atoms with van der Waals surface area (Å²) < 4.78 is 0. The molecule has 0 aliphatic rings. The third-order valence-corrected chi connectivity index (χ3v) is 1.97. The van der Waals surface area contributed by atoms with Gasteiger partial charge in [0.1, 0.15) is 11.3 Å². The van der Waals surface area contributed by atoms with Crippen molar-refractivity contribution in [2.45, 2.75) is 6.42 Å². The SMILES string of the molecule is OCCCNc1ccc2nccnc2n1.